The monoisotopic (exact) mass is 261 g/mol. The fraction of sp³-hybridized carbons (Fsp3) is 0.250. The van der Waals surface area contributed by atoms with Crippen LogP contribution >= 0.6 is 0 Å². The molecule has 0 saturated carbocycles. The van der Waals surface area contributed by atoms with Crippen LogP contribution in [0.2, 0.25) is 0 Å². The Kier molecular flexibility index (Phi) is 4.27. The minimum Gasteiger partial charge on any atom is -0.313 e. The van der Waals surface area contributed by atoms with Crippen LogP contribution in [0.3, 0.4) is 0 Å². The van der Waals surface area contributed by atoms with Crippen molar-refractivity contribution in [1.29, 1.82) is 0 Å². The molecule has 0 spiro atoms. The number of hydrogen-bond donors (Lipinski definition) is 1. The highest BCUT2D eigenvalue weighted by Gasteiger charge is 2.11. The summed E-state index contributed by atoms with van der Waals surface area (Å²) in [5.41, 5.74) is 3.11. The van der Waals surface area contributed by atoms with Crippen molar-refractivity contribution in [2.45, 2.75) is 19.4 Å². The van der Waals surface area contributed by atoms with Crippen molar-refractivity contribution in [3.8, 4) is 0 Å². The molecule has 1 nitrogen and oxygen atoms in total. The molecular weight excluding hydrogens is 244 g/mol. The predicted molar refractivity (Wildman–Crippen MR) is 73.0 cm³/mol. The first-order chi connectivity index (χ1) is 9.10. The zero-order valence-electron chi connectivity index (χ0n) is 11.1. The lowest BCUT2D eigenvalue weighted by Crippen LogP contribution is -2.19. The Labute approximate surface area is 112 Å². The lowest BCUT2D eigenvalue weighted by molar-refractivity contribution is 0.504. The van der Waals surface area contributed by atoms with Crippen LogP contribution < -0.4 is 5.32 Å². The number of benzene rings is 2. The van der Waals surface area contributed by atoms with Gasteiger partial charge >= 0.3 is 0 Å². The molecule has 1 unspecified atom stereocenters. The molecule has 0 aromatic heterocycles. The molecule has 0 amide bonds. The highest BCUT2D eigenvalue weighted by molar-refractivity contribution is 5.28. The SMILES string of the molecule is CNC(Cc1ccc(F)c(F)c1)c1cccc(C)c1. The van der Waals surface area contributed by atoms with Gasteiger partial charge < -0.3 is 5.32 Å². The lowest BCUT2D eigenvalue weighted by atomic mass is 9.97. The van der Waals surface area contributed by atoms with Crippen LogP contribution in [0.25, 0.3) is 0 Å². The van der Waals surface area contributed by atoms with E-state index < -0.39 is 11.6 Å². The second-order valence-corrected chi connectivity index (χ2v) is 4.71. The van der Waals surface area contributed by atoms with Gasteiger partial charge in [0.1, 0.15) is 0 Å². The molecule has 0 saturated heterocycles. The summed E-state index contributed by atoms with van der Waals surface area (Å²) in [5.74, 6) is -1.60. The van der Waals surface area contributed by atoms with Gasteiger partial charge in [-0.1, -0.05) is 35.9 Å². The zero-order chi connectivity index (χ0) is 13.8. The van der Waals surface area contributed by atoms with E-state index in [1.54, 1.807) is 6.07 Å². The molecular formula is C16H17F2N. The summed E-state index contributed by atoms with van der Waals surface area (Å²) in [6, 6.07) is 12.3. The number of rotatable bonds is 4. The van der Waals surface area contributed by atoms with Gasteiger partial charge in [-0.25, -0.2) is 8.78 Å². The van der Waals surface area contributed by atoms with E-state index in [9.17, 15) is 8.78 Å². The van der Waals surface area contributed by atoms with Gasteiger partial charge in [-0.05, 0) is 43.7 Å². The number of nitrogens with one attached hydrogen (secondary N) is 1. The molecule has 0 bridgehead atoms. The minimum atomic E-state index is -0.805. The summed E-state index contributed by atoms with van der Waals surface area (Å²) < 4.78 is 26.1. The standard InChI is InChI=1S/C16H17F2N/c1-11-4-3-5-13(8-11)16(19-2)10-12-6-7-14(17)15(18)9-12/h3-9,16,19H,10H2,1-2H3. The van der Waals surface area contributed by atoms with Gasteiger partial charge in [-0.2, -0.15) is 0 Å². The van der Waals surface area contributed by atoms with Crippen molar-refractivity contribution in [3.63, 3.8) is 0 Å². The number of halogens is 2. The van der Waals surface area contributed by atoms with Crippen molar-refractivity contribution >= 4 is 0 Å². The summed E-state index contributed by atoms with van der Waals surface area (Å²) in [5, 5.41) is 3.21. The average Bonchev–Trinajstić information content (AvgIpc) is 2.40. The van der Waals surface area contributed by atoms with Gasteiger partial charge in [-0.15, -0.1) is 0 Å². The van der Waals surface area contributed by atoms with E-state index in [1.165, 1.54) is 17.7 Å². The van der Waals surface area contributed by atoms with Crippen molar-refractivity contribution in [3.05, 3.63) is 70.8 Å². The summed E-state index contributed by atoms with van der Waals surface area (Å²) >= 11 is 0. The first-order valence-corrected chi connectivity index (χ1v) is 6.28. The zero-order valence-corrected chi connectivity index (χ0v) is 11.1. The van der Waals surface area contributed by atoms with Crippen LogP contribution in [-0.4, -0.2) is 7.05 Å². The van der Waals surface area contributed by atoms with E-state index >= 15 is 0 Å². The Bertz CT molecular complexity index is 566. The van der Waals surface area contributed by atoms with E-state index in [4.69, 9.17) is 0 Å². The Hall–Kier alpha value is -1.74. The third-order valence-electron chi connectivity index (χ3n) is 3.22. The molecule has 2 aromatic carbocycles. The molecule has 0 aliphatic carbocycles. The summed E-state index contributed by atoms with van der Waals surface area (Å²) in [6.45, 7) is 2.04. The van der Waals surface area contributed by atoms with Gasteiger partial charge in [0.25, 0.3) is 0 Å². The first kappa shape index (κ1) is 13.7. The van der Waals surface area contributed by atoms with Crippen molar-refractivity contribution in [2.75, 3.05) is 7.05 Å². The summed E-state index contributed by atoms with van der Waals surface area (Å²) in [7, 11) is 1.87. The van der Waals surface area contributed by atoms with Gasteiger partial charge in [0, 0.05) is 6.04 Å². The molecule has 0 aliphatic rings. The highest BCUT2D eigenvalue weighted by Crippen LogP contribution is 2.20. The fourth-order valence-corrected chi connectivity index (χ4v) is 2.18. The van der Waals surface area contributed by atoms with Crippen LogP contribution in [0, 0.1) is 18.6 Å². The quantitative estimate of drug-likeness (QED) is 0.883. The summed E-state index contributed by atoms with van der Waals surface area (Å²) in [6.07, 6.45) is 0.622. The Balaban J connectivity index is 2.21. The van der Waals surface area contributed by atoms with E-state index in [1.807, 2.05) is 32.2 Å². The highest BCUT2D eigenvalue weighted by atomic mass is 19.2. The largest absolute Gasteiger partial charge is 0.313 e. The van der Waals surface area contributed by atoms with E-state index in [0.717, 1.165) is 11.1 Å². The Morgan fingerprint density at radius 2 is 1.84 bits per heavy atom. The Morgan fingerprint density at radius 3 is 2.47 bits per heavy atom. The molecule has 0 radical (unpaired) electrons. The van der Waals surface area contributed by atoms with Crippen molar-refractivity contribution in [1.82, 2.24) is 5.32 Å². The number of aryl methyl sites for hydroxylation is 1. The average molecular weight is 261 g/mol. The molecule has 2 rings (SSSR count). The van der Waals surface area contributed by atoms with Crippen LogP contribution in [-0.2, 0) is 6.42 Å². The third-order valence-corrected chi connectivity index (χ3v) is 3.22. The van der Waals surface area contributed by atoms with E-state index in [0.29, 0.717) is 6.42 Å². The maximum absolute atomic E-state index is 13.2. The van der Waals surface area contributed by atoms with Crippen LogP contribution in [0.4, 0.5) is 8.78 Å². The van der Waals surface area contributed by atoms with Crippen molar-refractivity contribution < 1.29 is 8.78 Å². The molecule has 1 atom stereocenters. The normalized spacial score (nSPS) is 12.4. The van der Waals surface area contributed by atoms with Gasteiger partial charge in [0.15, 0.2) is 11.6 Å². The predicted octanol–water partition coefficient (Wildman–Crippen LogP) is 3.78. The fourth-order valence-electron chi connectivity index (χ4n) is 2.18. The second kappa shape index (κ2) is 5.93. The number of hydrogen-bond acceptors (Lipinski definition) is 1. The molecule has 100 valence electrons. The van der Waals surface area contributed by atoms with E-state index in [2.05, 4.69) is 11.4 Å². The third kappa shape index (κ3) is 3.38. The number of likely N-dealkylation sites (N-methyl/N-ethyl adjacent to an activating group) is 1. The second-order valence-electron chi connectivity index (χ2n) is 4.71. The van der Waals surface area contributed by atoms with Crippen LogP contribution in [0.1, 0.15) is 22.7 Å². The minimum absolute atomic E-state index is 0.0877. The molecule has 0 fully saturated rings. The molecule has 3 heteroatoms. The topological polar surface area (TPSA) is 12.0 Å². The first-order valence-electron chi connectivity index (χ1n) is 6.28. The molecule has 0 heterocycles. The van der Waals surface area contributed by atoms with Gasteiger partial charge in [-0.3, -0.25) is 0 Å². The van der Waals surface area contributed by atoms with Gasteiger partial charge in [0.2, 0.25) is 0 Å². The maximum Gasteiger partial charge on any atom is 0.159 e. The molecule has 2 aromatic rings. The Morgan fingerprint density at radius 1 is 1.05 bits per heavy atom. The van der Waals surface area contributed by atoms with E-state index in [-0.39, 0.29) is 6.04 Å². The molecule has 0 aliphatic heterocycles. The molecule has 1 N–H and O–H groups in total. The van der Waals surface area contributed by atoms with Crippen molar-refractivity contribution in [2.24, 2.45) is 0 Å². The molecule has 19 heavy (non-hydrogen) atoms. The maximum atomic E-state index is 13.2. The van der Waals surface area contributed by atoms with Gasteiger partial charge in [0.05, 0.1) is 0 Å². The summed E-state index contributed by atoms with van der Waals surface area (Å²) in [4.78, 5) is 0. The van der Waals surface area contributed by atoms with Crippen LogP contribution in [0.5, 0.6) is 0 Å². The smallest absolute Gasteiger partial charge is 0.159 e. The van der Waals surface area contributed by atoms with Crippen LogP contribution in [0.15, 0.2) is 42.5 Å². The lowest BCUT2D eigenvalue weighted by Gasteiger charge is -2.17.